The van der Waals surface area contributed by atoms with Gasteiger partial charge in [0.1, 0.15) is 5.82 Å². The summed E-state index contributed by atoms with van der Waals surface area (Å²) in [5.74, 6) is 0.440. The van der Waals surface area contributed by atoms with Crippen LogP contribution >= 0.6 is 0 Å². The Bertz CT molecular complexity index is 734. The smallest absolute Gasteiger partial charge is 0.254 e. The van der Waals surface area contributed by atoms with Crippen molar-refractivity contribution >= 4 is 18.0 Å². The Hall–Kier alpha value is -2.30. The van der Waals surface area contributed by atoms with Crippen LogP contribution in [-0.2, 0) is 9.59 Å². The van der Waals surface area contributed by atoms with E-state index in [1.165, 1.54) is 18.3 Å². The largest absolute Gasteiger partial charge is 0.272 e. The molecule has 23 heavy (non-hydrogen) atoms. The Morgan fingerprint density at radius 3 is 2.13 bits per heavy atom. The Morgan fingerprint density at radius 1 is 1.00 bits per heavy atom. The molecule has 6 atom stereocenters. The highest BCUT2D eigenvalue weighted by Gasteiger charge is 2.67. The van der Waals surface area contributed by atoms with Crippen molar-refractivity contribution in [3.63, 3.8) is 0 Å². The maximum atomic E-state index is 12.9. The van der Waals surface area contributed by atoms with Crippen molar-refractivity contribution in [1.82, 2.24) is 5.01 Å². The van der Waals surface area contributed by atoms with Crippen LogP contribution in [0.5, 0.6) is 0 Å². The molecule has 2 saturated carbocycles. The molecule has 1 aromatic carbocycles. The maximum absolute atomic E-state index is 12.9. The number of carbonyl (C=O) groups excluding carboxylic acids is 2. The van der Waals surface area contributed by atoms with Crippen LogP contribution in [0.4, 0.5) is 4.39 Å². The minimum Gasteiger partial charge on any atom is -0.272 e. The lowest BCUT2D eigenvalue weighted by molar-refractivity contribution is -0.140. The highest BCUT2D eigenvalue weighted by atomic mass is 19.1. The van der Waals surface area contributed by atoms with Gasteiger partial charge < -0.3 is 0 Å². The van der Waals surface area contributed by atoms with Gasteiger partial charge in [-0.15, -0.1) is 0 Å². The number of imide groups is 1. The summed E-state index contributed by atoms with van der Waals surface area (Å²) in [6.45, 7) is 0. The SMILES string of the molecule is O=C1[C@@H]2[C@H]3C=C[C@@H]([C@@H]4C[C@@H]34)[C@@H]2C(=O)N1N=Cc1ccc(F)cc1. The maximum Gasteiger partial charge on any atom is 0.254 e. The van der Waals surface area contributed by atoms with Gasteiger partial charge in [-0.05, 0) is 47.8 Å². The minimum atomic E-state index is -0.330. The first-order chi connectivity index (χ1) is 11.1. The molecule has 6 rings (SSSR count). The molecule has 1 heterocycles. The van der Waals surface area contributed by atoms with Crippen LogP contribution in [0.25, 0.3) is 0 Å². The number of benzene rings is 1. The molecular formula is C18H15FN2O2. The molecular weight excluding hydrogens is 295 g/mol. The summed E-state index contributed by atoms with van der Waals surface area (Å²) in [7, 11) is 0. The number of hydrazone groups is 1. The lowest BCUT2D eigenvalue weighted by Gasteiger charge is -2.37. The second kappa shape index (κ2) is 4.37. The summed E-state index contributed by atoms with van der Waals surface area (Å²) in [6.07, 6.45) is 6.87. The van der Waals surface area contributed by atoms with E-state index in [1.807, 2.05) is 0 Å². The Morgan fingerprint density at radius 2 is 1.57 bits per heavy atom. The van der Waals surface area contributed by atoms with Gasteiger partial charge in [0.15, 0.2) is 0 Å². The topological polar surface area (TPSA) is 49.7 Å². The molecule has 1 aromatic rings. The third-order valence-electron chi connectivity index (χ3n) is 5.83. The molecule has 0 aromatic heterocycles. The lowest BCUT2D eigenvalue weighted by Crippen LogP contribution is -2.40. The van der Waals surface area contributed by atoms with Crippen LogP contribution in [0.2, 0.25) is 0 Å². The number of allylic oxidation sites excluding steroid dienone is 2. The molecule has 0 radical (unpaired) electrons. The van der Waals surface area contributed by atoms with E-state index in [0.717, 1.165) is 11.4 Å². The number of halogens is 1. The molecule has 0 spiro atoms. The summed E-state index contributed by atoms with van der Waals surface area (Å²) in [5, 5.41) is 5.14. The monoisotopic (exact) mass is 310 g/mol. The van der Waals surface area contributed by atoms with Gasteiger partial charge in [-0.3, -0.25) is 9.59 Å². The molecule has 1 aliphatic heterocycles. The van der Waals surface area contributed by atoms with E-state index < -0.39 is 0 Å². The molecule has 5 aliphatic rings. The molecule has 4 aliphatic carbocycles. The second-order valence-electron chi connectivity index (χ2n) is 6.94. The molecule has 5 heteroatoms. The first-order valence-electron chi connectivity index (χ1n) is 8.01. The summed E-state index contributed by atoms with van der Waals surface area (Å²) in [5.41, 5.74) is 0.658. The van der Waals surface area contributed by atoms with E-state index in [2.05, 4.69) is 17.3 Å². The van der Waals surface area contributed by atoms with Gasteiger partial charge in [0, 0.05) is 0 Å². The van der Waals surface area contributed by atoms with Gasteiger partial charge in [0.25, 0.3) is 11.8 Å². The number of nitrogens with zero attached hydrogens (tertiary/aromatic N) is 2. The Labute approximate surface area is 132 Å². The van der Waals surface area contributed by atoms with Crippen molar-refractivity contribution in [2.24, 2.45) is 40.6 Å². The normalized spacial score (nSPS) is 40.0. The van der Waals surface area contributed by atoms with Crippen LogP contribution in [0.3, 0.4) is 0 Å². The summed E-state index contributed by atoms with van der Waals surface area (Å²) in [6, 6.07) is 5.79. The highest BCUT2D eigenvalue weighted by Crippen LogP contribution is 2.65. The van der Waals surface area contributed by atoms with Gasteiger partial charge in [0.05, 0.1) is 18.1 Å². The van der Waals surface area contributed by atoms with Crippen LogP contribution < -0.4 is 0 Å². The zero-order valence-electron chi connectivity index (χ0n) is 12.3. The molecule has 3 fully saturated rings. The highest BCUT2D eigenvalue weighted by molar-refractivity contribution is 6.06. The molecule has 4 nitrogen and oxygen atoms in total. The molecule has 2 amide bonds. The van der Waals surface area contributed by atoms with Crippen LogP contribution in [0.1, 0.15) is 12.0 Å². The standard InChI is InChI=1S/C18H15FN2O2/c19-10-3-1-9(2-4-10)8-20-21-17(22)15-11-5-6-12(14-7-13(11)14)16(15)18(21)23/h1-6,8,11-16H,7H2/t11-,12-,13-,14-,15-,16+/m0/s1. The number of hydrogen-bond acceptors (Lipinski definition) is 3. The van der Waals surface area contributed by atoms with Gasteiger partial charge >= 0.3 is 0 Å². The van der Waals surface area contributed by atoms with Gasteiger partial charge in [-0.1, -0.05) is 24.3 Å². The molecule has 0 unspecified atom stereocenters. The number of rotatable bonds is 2. The third-order valence-corrected chi connectivity index (χ3v) is 5.83. The Kier molecular flexibility index (Phi) is 2.50. The molecule has 1 saturated heterocycles. The van der Waals surface area contributed by atoms with E-state index in [0.29, 0.717) is 17.4 Å². The van der Waals surface area contributed by atoms with E-state index in [4.69, 9.17) is 0 Å². The number of amides is 2. The molecule has 2 bridgehead atoms. The van der Waals surface area contributed by atoms with E-state index in [1.54, 1.807) is 12.1 Å². The summed E-state index contributed by atoms with van der Waals surface area (Å²) in [4.78, 5) is 25.4. The molecule has 116 valence electrons. The fourth-order valence-electron chi connectivity index (χ4n) is 4.73. The van der Waals surface area contributed by atoms with Crippen molar-refractivity contribution < 1.29 is 14.0 Å². The van der Waals surface area contributed by atoms with Crippen molar-refractivity contribution in [3.8, 4) is 0 Å². The van der Waals surface area contributed by atoms with Crippen LogP contribution in [0.15, 0.2) is 41.5 Å². The molecule has 0 N–H and O–H groups in total. The van der Waals surface area contributed by atoms with Crippen molar-refractivity contribution in [3.05, 3.63) is 47.8 Å². The number of carbonyl (C=O) groups is 2. The van der Waals surface area contributed by atoms with Crippen molar-refractivity contribution in [2.75, 3.05) is 0 Å². The predicted octanol–water partition coefficient (Wildman–Crippen LogP) is 2.21. The van der Waals surface area contributed by atoms with E-state index >= 15 is 0 Å². The van der Waals surface area contributed by atoms with Crippen LogP contribution in [-0.4, -0.2) is 23.0 Å². The minimum absolute atomic E-state index is 0.178. The third kappa shape index (κ3) is 1.73. The quantitative estimate of drug-likeness (QED) is 0.478. The van der Waals surface area contributed by atoms with Gasteiger partial charge in [-0.2, -0.15) is 10.1 Å². The van der Waals surface area contributed by atoms with Crippen molar-refractivity contribution in [2.45, 2.75) is 6.42 Å². The fraction of sp³-hybridized carbons (Fsp3) is 0.389. The Balaban J connectivity index is 1.44. The van der Waals surface area contributed by atoms with E-state index in [9.17, 15) is 14.0 Å². The summed E-state index contributed by atoms with van der Waals surface area (Å²) >= 11 is 0. The van der Waals surface area contributed by atoms with E-state index in [-0.39, 0.29) is 41.3 Å². The van der Waals surface area contributed by atoms with Crippen LogP contribution in [0, 0.1) is 41.3 Å². The lowest BCUT2D eigenvalue weighted by atomic mass is 9.63. The van der Waals surface area contributed by atoms with Crippen molar-refractivity contribution in [1.29, 1.82) is 0 Å². The second-order valence-corrected chi connectivity index (χ2v) is 6.94. The number of hydrogen-bond donors (Lipinski definition) is 0. The van der Waals surface area contributed by atoms with Gasteiger partial charge in [0.2, 0.25) is 0 Å². The summed E-state index contributed by atoms with van der Waals surface area (Å²) < 4.78 is 12.9. The average Bonchev–Trinajstić information content (AvgIpc) is 3.33. The van der Waals surface area contributed by atoms with Gasteiger partial charge in [-0.25, -0.2) is 4.39 Å². The fourth-order valence-corrected chi connectivity index (χ4v) is 4.73. The zero-order chi connectivity index (χ0) is 15.7. The predicted molar refractivity (Wildman–Crippen MR) is 80.5 cm³/mol. The first-order valence-corrected chi connectivity index (χ1v) is 8.01. The average molecular weight is 310 g/mol. The zero-order valence-corrected chi connectivity index (χ0v) is 12.3. The first kappa shape index (κ1) is 13.2.